The zero-order valence-corrected chi connectivity index (χ0v) is 18.5. The minimum atomic E-state index is -0.381. The molecule has 2 N–H and O–H groups in total. The van der Waals surface area contributed by atoms with Crippen LogP contribution in [-0.4, -0.2) is 39.7 Å². The number of nitrogens with one attached hydrogen (secondary N) is 2. The smallest absolute Gasteiger partial charge is 0.318 e. The Labute approximate surface area is 190 Å². The predicted molar refractivity (Wildman–Crippen MR) is 122 cm³/mol. The van der Waals surface area contributed by atoms with Crippen LogP contribution in [0.2, 0.25) is 10.0 Å². The van der Waals surface area contributed by atoms with Crippen molar-refractivity contribution in [3.05, 3.63) is 82.1 Å². The first kappa shape index (κ1) is 22.7. The summed E-state index contributed by atoms with van der Waals surface area (Å²) in [6.45, 7) is 3.05. The summed E-state index contributed by atoms with van der Waals surface area (Å²) >= 11 is 12.2. The van der Waals surface area contributed by atoms with Gasteiger partial charge < -0.3 is 15.5 Å². The van der Waals surface area contributed by atoms with Crippen molar-refractivity contribution in [2.75, 3.05) is 18.4 Å². The van der Waals surface area contributed by atoms with Crippen LogP contribution in [0.4, 0.5) is 10.5 Å². The van der Waals surface area contributed by atoms with Crippen molar-refractivity contribution in [3.63, 3.8) is 0 Å². The molecular formula is C22H23Cl2N5O2. The number of urea groups is 1. The van der Waals surface area contributed by atoms with Crippen molar-refractivity contribution in [2.24, 2.45) is 0 Å². The zero-order chi connectivity index (χ0) is 22.2. The second-order valence-corrected chi connectivity index (χ2v) is 7.66. The fourth-order valence-corrected chi connectivity index (χ4v) is 3.50. The number of para-hydroxylation sites is 1. The van der Waals surface area contributed by atoms with Gasteiger partial charge >= 0.3 is 6.03 Å². The summed E-state index contributed by atoms with van der Waals surface area (Å²) in [5.74, 6) is -0.381. The van der Waals surface area contributed by atoms with E-state index in [0.717, 1.165) is 11.1 Å². The summed E-state index contributed by atoms with van der Waals surface area (Å²) in [6, 6.07) is 14.4. The van der Waals surface area contributed by atoms with Gasteiger partial charge in [-0.05, 0) is 36.2 Å². The number of likely N-dealkylation sites (N-methyl/N-ethyl adjacent to an activating group) is 1. The van der Waals surface area contributed by atoms with Gasteiger partial charge in [0.25, 0.3) is 0 Å². The van der Waals surface area contributed by atoms with Crippen LogP contribution in [0.3, 0.4) is 0 Å². The van der Waals surface area contributed by atoms with E-state index in [4.69, 9.17) is 23.2 Å². The third-order valence-corrected chi connectivity index (χ3v) is 5.20. The van der Waals surface area contributed by atoms with E-state index in [1.54, 1.807) is 31.3 Å². The highest BCUT2D eigenvalue weighted by atomic mass is 35.5. The molecule has 0 atom stereocenters. The fraction of sp³-hybridized carbons (Fsp3) is 0.227. The van der Waals surface area contributed by atoms with E-state index >= 15 is 0 Å². The number of benzene rings is 2. The Hall–Kier alpha value is -3.03. The monoisotopic (exact) mass is 459 g/mol. The number of rotatable bonds is 8. The van der Waals surface area contributed by atoms with Crippen molar-refractivity contribution < 1.29 is 9.59 Å². The van der Waals surface area contributed by atoms with Gasteiger partial charge in [-0.25, -0.2) is 4.79 Å². The molecule has 0 saturated heterocycles. The number of aromatic nitrogens is 2. The van der Waals surface area contributed by atoms with E-state index in [1.807, 2.05) is 41.2 Å². The van der Waals surface area contributed by atoms with Gasteiger partial charge in [-0.15, -0.1) is 0 Å². The van der Waals surface area contributed by atoms with Crippen molar-refractivity contribution in [3.8, 4) is 0 Å². The van der Waals surface area contributed by atoms with Crippen molar-refractivity contribution in [1.29, 1.82) is 0 Å². The lowest BCUT2D eigenvalue weighted by Gasteiger charge is -2.21. The molecule has 0 aliphatic carbocycles. The molecule has 0 unspecified atom stereocenters. The molecule has 3 amide bonds. The van der Waals surface area contributed by atoms with Crippen LogP contribution in [0.25, 0.3) is 0 Å². The highest BCUT2D eigenvalue weighted by Crippen LogP contribution is 2.29. The Bertz CT molecular complexity index is 1020. The van der Waals surface area contributed by atoms with Crippen LogP contribution in [0.15, 0.2) is 60.9 Å². The Kier molecular flexibility index (Phi) is 7.92. The van der Waals surface area contributed by atoms with E-state index in [1.165, 1.54) is 4.90 Å². The molecular weight excluding hydrogens is 437 g/mol. The van der Waals surface area contributed by atoms with E-state index in [-0.39, 0.29) is 18.5 Å². The van der Waals surface area contributed by atoms with Gasteiger partial charge in [0.1, 0.15) is 6.54 Å². The van der Waals surface area contributed by atoms with E-state index in [2.05, 4.69) is 15.7 Å². The first-order chi connectivity index (χ1) is 15.0. The Morgan fingerprint density at radius 3 is 2.45 bits per heavy atom. The topological polar surface area (TPSA) is 79.3 Å². The number of amides is 3. The molecule has 1 aromatic heterocycles. The molecule has 1 heterocycles. The van der Waals surface area contributed by atoms with Gasteiger partial charge in [-0.2, -0.15) is 5.10 Å². The standard InChI is InChI=1S/C22H23Cl2N5O2/c1-2-28(15-20(30)27-21-18(23)8-4-9-19(21)24)22(31)25-13-16-6-3-7-17(12-16)14-29-11-5-10-26-29/h3-12H,2,13-15H2,1H3,(H,25,31)(H,27,30). The van der Waals surface area contributed by atoms with Crippen LogP contribution in [0.1, 0.15) is 18.1 Å². The first-order valence-electron chi connectivity index (χ1n) is 9.78. The van der Waals surface area contributed by atoms with Crippen LogP contribution in [0.5, 0.6) is 0 Å². The maximum absolute atomic E-state index is 12.6. The lowest BCUT2D eigenvalue weighted by atomic mass is 10.1. The summed E-state index contributed by atoms with van der Waals surface area (Å²) in [5.41, 5.74) is 2.38. The van der Waals surface area contributed by atoms with Gasteiger partial charge in [0.05, 0.1) is 22.3 Å². The highest BCUT2D eigenvalue weighted by molar-refractivity contribution is 6.39. The average Bonchev–Trinajstić information content (AvgIpc) is 3.26. The largest absolute Gasteiger partial charge is 0.334 e. The van der Waals surface area contributed by atoms with Crippen LogP contribution >= 0.6 is 23.2 Å². The van der Waals surface area contributed by atoms with Crippen LogP contribution in [0, 0.1) is 0 Å². The molecule has 3 aromatic rings. The molecule has 9 heteroatoms. The van der Waals surface area contributed by atoms with Gasteiger partial charge in [0.2, 0.25) is 5.91 Å². The Morgan fingerprint density at radius 2 is 1.77 bits per heavy atom. The molecule has 162 valence electrons. The summed E-state index contributed by atoms with van der Waals surface area (Å²) in [4.78, 5) is 26.4. The predicted octanol–water partition coefficient (Wildman–Crippen LogP) is 4.41. The molecule has 0 bridgehead atoms. The number of nitrogens with zero attached hydrogens (tertiary/aromatic N) is 3. The number of carbonyl (C=O) groups excluding carboxylic acids is 2. The molecule has 0 spiro atoms. The molecule has 2 aromatic carbocycles. The highest BCUT2D eigenvalue weighted by Gasteiger charge is 2.17. The van der Waals surface area contributed by atoms with E-state index < -0.39 is 0 Å². The number of anilines is 1. The summed E-state index contributed by atoms with van der Waals surface area (Å²) in [6.07, 6.45) is 3.63. The number of halogens is 2. The maximum atomic E-state index is 12.6. The third-order valence-electron chi connectivity index (χ3n) is 4.57. The lowest BCUT2D eigenvalue weighted by molar-refractivity contribution is -0.116. The maximum Gasteiger partial charge on any atom is 0.318 e. The van der Waals surface area contributed by atoms with Crippen molar-refractivity contribution in [1.82, 2.24) is 20.0 Å². The van der Waals surface area contributed by atoms with Crippen molar-refractivity contribution >= 4 is 40.8 Å². The Morgan fingerprint density at radius 1 is 1.06 bits per heavy atom. The molecule has 31 heavy (non-hydrogen) atoms. The summed E-state index contributed by atoms with van der Waals surface area (Å²) in [5, 5.41) is 10.4. The van der Waals surface area contributed by atoms with E-state index in [0.29, 0.717) is 35.4 Å². The number of hydrogen-bond donors (Lipinski definition) is 2. The molecule has 7 nitrogen and oxygen atoms in total. The second-order valence-electron chi connectivity index (χ2n) is 6.84. The van der Waals surface area contributed by atoms with Crippen molar-refractivity contribution in [2.45, 2.75) is 20.0 Å². The molecule has 0 fully saturated rings. The Balaban J connectivity index is 1.54. The SMILES string of the molecule is CCN(CC(=O)Nc1c(Cl)cccc1Cl)C(=O)NCc1cccc(Cn2cccn2)c1. The van der Waals surface area contributed by atoms with Gasteiger partial charge in [0.15, 0.2) is 0 Å². The van der Waals surface area contributed by atoms with Crippen LogP contribution in [-0.2, 0) is 17.9 Å². The third kappa shape index (κ3) is 6.47. The zero-order valence-electron chi connectivity index (χ0n) is 17.0. The average molecular weight is 460 g/mol. The lowest BCUT2D eigenvalue weighted by Crippen LogP contribution is -2.43. The first-order valence-corrected chi connectivity index (χ1v) is 10.5. The van der Waals surface area contributed by atoms with Gasteiger partial charge in [-0.1, -0.05) is 53.5 Å². The second kappa shape index (κ2) is 10.8. The number of carbonyl (C=O) groups is 2. The molecule has 0 saturated carbocycles. The minimum Gasteiger partial charge on any atom is -0.334 e. The molecule has 3 rings (SSSR count). The fourth-order valence-electron chi connectivity index (χ4n) is 3.01. The van der Waals surface area contributed by atoms with Crippen LogP contribution < -0.4 is 10.6 Å². The van der Waals surface area contributed by atoms with E-state index in [9.17, 15) is 9.59 Å². The normalized spacial score (nSPS) is 10.5. The minimum absolute atomic E-state index is 0.122. The summed E-state index contributed by atoms with van der Waals surface area (Å²) in [7, 11) is 0. The van der Waals surface area contributed by atoms with Gasteiger partial charge in [-0.3, -0.25) is 9.48 Å². The molecule has 0 aliphatic heterocycles. The molecule has 0 aliphatic rings. The quantitative estimate of drug-likeness (QED) is 0.523. The number of hydrogen-bond acceptors (Lipinski definition) is 3. The molecule has 0 radical (unpaired) electrons. The summed E-state index contributed by atoms with van der Waals surface area (Å²) < 4.78 is 1.83. The van der Waals surface area contributed by atoms with Gasteiger partial charge in [0, 0.05) is 25.5 Å².